The largest absolute Gasteiger partial charge is 0.244 e. The summed E-state index contributed by atoms with van der Waals surface area (Å²) in [5, 5.41) is 17.2. The zero-order valence-corrected chi connectivity index (χ0v) is 13.1. The van der Waals surface area contributed by atoms with Gasteiger partial charge in [-0.3, -0.25) is 0 Å². The first kappa shape index (κ1) is 16.0. The molecule has 2 rings (SSSR count). The van der Waals surface area contributed by atoms with E-state index in [2.05, 4.69) is 23.3 Å². The number of aryl methyl sites for hydroxylation is 1. The maximum Gasteiger partial charge on any atom is 0.190 e. The number of benzene rings is 1. The summed E-state index contributed by atoms with van der Waals surface area (Å²) in [6.45, 7) is 3.02. The molecule has 4 nitrogen and oxygen atoms in total. The van der Waals surface area contributed by atoms with Gasteiger partial charge in [0.2, 0.25) is 0 Å². The van der Waals surface area contributed by atoms with Gasteiger partial charge in [-0.1, -0.05) is 74.2 Å². The number of hydrogen-bond donors (Lipinski definition) is 0. The van der Waals surface area contributed by atoms with Crippen LogP contribution in [0.5, 0.6) is 0 Å². The van der Waals surface area contributed by atoms with E-state index >= 15 is 0 Å². The molecule has 114 valence electrons. The Morgan fingerprint density at radius 2 is 1.86 bits per heavy atom. The highest BCUT2D eigenvalue weighted by Gasteiger charge is 2.09. The third kappa shape index (κ3) is 4.56. The Labute approximate surface area is 132 Å². The SMILES string of the molecule is CCCCCCCn1nnc(C#N)c1/C=C/c1ccccc1. The predicted molar refractivity (Wildman–Crippen MR) is 88.9 cm³/mol. The quantitative estimate of drug-likeness (QED) is 0.682. The van der Waals surface area contributed by atoms with Crippen LogP contribution in [0.1, 0.15) is 56.0 Å². The third-order valence-electron chi connectivity index (χ3n) is 3.59. The molecule has 4 heteroatoms. The van der Waals surface area contributed by atoms with Crippen molar-refractivity contribution in [3.05, 3.63) is 47.3 Å². The van der Waals surface area contributed by atoms with Gasteiger partial charge in [-0.25, -0.2) is 4.68 Å². The highest BCUT2D eigenvalue weighted by Crippen LogP contribution is 2.12. The van der Waals surface area contributed by atoms with Crippen LogP contribution in [0.2, 0.25) is 0 Å². The van der Waals surface area contributed by atoms with Crippen LogP contribution in [0.4, 0.5) is 0 Å². The lowest BCUT2D eigenvalue weighted by Gasteiger charge is -2.03. The van der Waals surface area contributed by atoms with Gasteiger partial charge < -0.3 is 0 Å². The van der Waals surface area contributed by atoms with E-state index in [1.54, 1.807) is 0 Å². The van der Waals surface area contributed by atoms with Crippen molar-refractivity contribution < 1.29 is 0 Å². The normalized spacial score (nSPS) is 10.9. The van der Waals surface area contributed by atoms with Gasteiger partial charge >= 0.3 is 0 Å². The number of rotatable bonds is 8. The Morgan fingerprint density at radius 1 is 1.09 bits per heavy atom. The zero-order chi connectivity index (χ0) is 15.6. The second-order valence-electron chi connectivity index (χ2n) is 5.32. The lowest BCUT2D eigenvalue weighted by Crippen LogP contribution is -2.03. The number of unbranched alkanes of at least 4 members (excludes halogenated alkanes) is 4. The molecule has 0 unspecified atom stereocenters. The van der Waals surface area contributed by atoms with E-state index in [0.29, 0.717) is 5.69 Å². The van der Waals surface area contributed by atoms with Crippen molar-refractivity contribution in [3.8, 4) is 6.07 Å². The second kappa shape index (κ2) is 8.78. The first-order chi connectivity index (χ1) is 10.8. The smallest absolute Gasteiger partial charge is 0.190 e. The molecule has 0 aliphatic carbocycles. The molecule has 0 radical (unpaired) electrons. The molecule has 0 aliphatic heterocycles. The van der Waals surface area contributed by atoms with Crippen LogP contribution in [-0.2, 0) is 6.54 Å². The molecule has 0 fully saturated rings. The molecule has 0 saturated carbocycles. The van der Waals surface area contributed by atoms with Crippen LogP contribution < -0.4 is 0 Å². The van der Waals surface area contributed by atoms with Crippen molar-refractivity contribution in [2.24, 2.45) is 0 Å². The Balaban J connectivity index is 2.04. The molecule has 1 aromatic carbocycles. The fourth-order valence-electron chi connectivity index (χ4n) is 2.33. The van der Waals surface area contributed by atoms with E-state index in [1.807, 2.05) is 47.2 Å². The van der Waals surface area contributed by atoms with Gasteiger partial charge in [0, 0.05) is 6.54 Å². The van der Waals surface area contributed by atoms with Crippen LogP contribution in [0, 0.1) is 11.3 Å². The summed E-state index contributed by atoms with van der Waals surface area (Å²) < 4.78 is 1.84. The Bertz CT molecular complexity index is 635. The van der Waals surface area contributed by atoms with Crippen molar-refractivity contribution in [3.63, 3.8) is 0 Å². The molecule has 1 heterocycles. The van der Waals surface area contributed by atoms with Gasteiger partial charge in [-0.15, -0.1) is 5.10 Å². The monoisotopic (exact) mass is 294 g/mol. The van der Waals surface area contributed by atoms with Crippen molar-refractivity contribution in [1.82, 2.24) is 15.0 Å². The molecule has 0 bridgehead atoms. The minimum Gasteiger partial charge on any atom is -0.244 e. The predicted octanol–water partition coefficient (Wildman–Crippen LogP) is 4.29. The van der Waals surface area contributed by atoms with E-state index in [0.717, 1.165) is 24.2 Å². The highest BCUT2D eigenvalue weighted by molar-refractivity contribution is 5.69. The number of nitrogens with zero attached hydrogens (tertiary/aromatic N) is 4. The fraction of sp³-hybridized carbons (Fsp3) is 0.389. The van der Waals surface area contributed by atoms with Crippen molar-refractivity contribution in [1.29, 1.82) is 5.26 Å². The average molecular weight is 294 g/mol. The molecule has 2 aromatic rings. The van der Waals surface area contributed by atoms with Gasteiger partial charge in [-0.2, -0.15) is 5.26 Å². The summed E-state index contributed by atoms with van der Waals surface area (Å²) in [5.74, 6) is 0. The standard InChI is InChI=1S/C18H22N4/c1-2-3-4-5-9-14-22-18(17(15-19)20-21-22)13-12-16-10-7-6-8-11-16/h6-8,10-13H,2-5,9,14H2,1H3/b13-12+. The molecule has 0 spiro atoms. The van der Waals surface area contributed by atoms with Crippen LogP contribution in [0.3, 0.4) is 0 Å². The minimum absolute atomic E-state index is 0.390. The summed E-state index contributed by atoms with van der Waals surface area (Å²) in [5.41, 5.74) is 2.28. The van der Waals surface area contributed by atoms with Gasteiger partial charge in [0.15, 0.2) is 5.69 Å². The van der Waals surface area contributed by atoms with E-state index < -0.39 is 0 Å². The Hall–Kier alpha value is -2.41. The first-order valence-corrected chi connectivity index (χ1v) is 7.92. The van der Waals surface area contributed by atoms with Crippen LogP contribution in [0.15, 0.2) is 30.3 Å². The fourth-order valence-corrected chi connectivity index (χ4v) is 2.33. The second-order valence-corrected chi connectivity index (χ2v) is 5.32. The highest BCUT2D eigenvalue weighted by atomic mass is 15.4. The summed E-state index contributed by atoms with van der Waals surface area (Å²) in [6.07, 6.45) is 9.96. The van der Waals surface area contributed by atoms with Crippen molar-refractivity contribution >= 4 is 12.2 Å². The molecular formula is C18H22N4. The molecule has 1 aromatic heterocycles. The molecule has 0 aliphatic rings. The molecule has 0 amide bonds. The van der Waals surface area contributed by atoms with Crippen molar-refractivity contribution in [2.45, 2.75) is 45.6 Å². The Kier molecular flexibility index (Phi) is 6.38. The Morgan fingerprint density at radius 3 is 2.59 bits per heavy atom. The van der Waals surface area contributed by atoms with Crippen LogP contribution in [0.25, 0.3) is 12.2 Å². The maximum absolute atomic E-state index is 9.17. The van der Waals surface area contributed by atoms with Gasteiger partial charge in [-0.05, 0) is 18.1 Å². The van der Waals surface area contributed by atoms with Gasteiger partial charge in [0.1, 0.15) is 6.07 Å². The summed E-state index contributed by atoms with van der Waals surface area (Å²) in [4.78, 5) is 0. The molecule has 22 heavy (non-hydrogen) atoms. The van der Waals surface area contributed by atoms with Crippen LogP contribution in [-0.4, -0.2) is 15.0 Å². The lowest BCUT2D eigenvalue weighted by molar-refractivity contribution is 0.518. The van der Waals surface area contributed by atoms with E-state index in [-0.39, 0.29) is 0 Å². The molecule has 0 atom stereocenters. The summed E-state index contributed by atoms with van der Waals surface area (Å²) in [6, 6.07) is 12.2. The number of aromatic nitrogens is 3. The minimum atomic E-state index is 0.390. The van der Waals surface area contributed by atoms with E-state index in [9.17, 15) is 5.26 Å². The van der Waals surface area contributed by atoms with Gasteiger partial charge in [0.25, 0.3) is 0 Å². The number of hydrogen-bond acceptors (Lipinski definition) is 3. The lowest BCUT2D eigenvalue weighted by atomic mass is 10.1. The third-order valence-corrected chi connectivity index (χ3v) is 3.59. The molecule has 0 saturated heterocycles. The van der Waals surface area contributed by atoms with E-state index in [1.165, 1.54) is 25.7 Å². The number of nitriles is 1. The van der Waals surface area contributed by atoms with Gasteiger partial charge in [0.05, 0.1) is 5.69 Å². The average Bonchev–Trinajstić information content (AvgIpc) is 2.95. The zero-order valence-electron chi connectivity index (χ0n) is 13.1. The molecular weight excluding hydrogens is 272 g/mol. The topological polar surface area (TPSA) is 54.5 Å². The maximum atomic E-state index is 9.17. The van der Waals surface area contributed by atoms with Crippen LogP contribution >= 0.6 is 0 Å². The first-order valence-electron chi connectivity index (χ1n) is 7.92. The summed E-state index contributed by atoms with van der Waals surface area (Å²) in [7, 11) is 0. The molecule has 0 N–H and O–H groups in total. The van der Waals surface area contributed by atoms with Crippen molar-refractivity contribution in [2.75, 3.05) is 0 Å². The summed E-state index contributed by atoms with van der Waals surface area (Å²) >= 11 is 0. The van der Waals surface area contributed by atoms with E-state index in [4.69, 9.17) is 0 Å².